The first kappa shape index (κ1) is 10.2. The molecule has 0 atom stereocenters. The highest BCUT2D eigenvalue weighted by molar-refractivity contribution is 5.40. The van der Waals surface area contributed by atoms with E-state index in [-0.39, 0.29) is 0 Å². The molecule has 2 rings (SSSR count). The Hall–Kier alpha value is -1.29. The van der Waals surface area contributed by atoms with Crippen LogP contribution >= 0.6 is 0 Å². The summed E-state index contributed by atoms with van der Waals surface area (Å²) in [5.74, 6) is 1.85. The maximum Gasteiger partial charge on any atom is 0.137 e. The fourth-order valence-corrected chi connectivity index (χ4v) is 1.76. The molecule has 0 amide bonds. The molecular weight excluding hydrogens is 190 g/mol. The summed E-state index contributed by atoms with van der Waals surface area (Å²) in [6.07, 6.45) is 2.95. The summed E-state index contributed by atoms with van der Waals surface area (Å²) in [5, 5.41) is 3.38. The molecule has 82 valence electrons. The zero-order valence-electron chi connectivity index (χ0n) is 9.07. The van der Waals surface area contributed by atoms with E-state index in [9.17, 15) is 0 Å². The Morgan fingerprint density at radius 3 is 3.00 bits per heavy atom. The lowest BCUT2D eigenvalue weighted by Gasteiger charge is -2.20. The second kappa shape index (κ2) is 4.98. The molecule has 1 aromatic rings. The summed E-state index contributed by atoms with van der Waals surface area (Å²) in [7, 11) is 1.66. The van der Waals surface area contributed by atoms with Gasteiger partial charge in [-0.25, -0.2) is 4.98 Å². The molecule has 1 aliphatic rings. The predicted octanol–water partition coefficient (Wildman–Crippen LogP) is 0.890. The van der Waals surface area contributed by atoms with Gasteiger partial charge in [-0.05, 0) is 25.1 Å². The van der Waals surface area contributed by atoms with Gasteiger partial charge in [0.05, 0.1) is 13.3 Å². The van der Waals surface area contributed by atoms with E-state index in [1.165, 1.54) is 6.42 Å². The molecule has 1 aromatic heterocycles. The van der Waals surface area contributed by atoms with Gasteiger partial charge in [0, 0.05) is 19.6 Å². The van der Waals surface area contributed by atoms with E-state index in [2.05, 4.69) is 15.2 Å². The van der Waals surface area contributed by atoms with Crippen molar-refractivity contribution in [2.45, 2.75) is 6.42 Å². The quantitative estimate of drug-likeness (QED) is 0.781. The average Bonchev–Trinajstić information content (AvgIpc) is 2.58. The fourth-order valence-electron chi connectivity index (χ4n) is 1.76. The number of rotatable bonds is 2. The van der Waals surface area contributed by atoms with Crippen molar-refractivity contribution in [1.82, 2.24) is 10.3 Å². The van der Waals surface area contributed by atoms with E-state index in [4.69, 9.17) is 4.74 Å². The number of methoxy groups -OCH3 is 1. The largest absolute Gasteiger partial charge is 0.495 e. The van der Waals surface area contributed by atoms with Crippen molar-refractivity contribution in [3.8, 4) is 5.75 Å². The third kappa shape index (κ3) is 2.59. The van der Waals surface area contributed by atoms with E-state index in [1.54, 1.807) is 13.3 Å². The van der Waals surface area contributed by atoms with Crippen molar-refractivity contribution < 1.29 is 4.74 Å². The number of ether oxygens (including phenoxy) is 1. The molecule has 0 saturated carbocycles. The fraction of sp³-hybridized carbons (Fsp3) is 0.545. The minimum absolute atomic E-state index is 0.812. The van der Waals surface area contributed by atoms with E-state index in [0.717, 1.165) is 37.7 Å². The van der Waals surface area contributed by atoms with Gasteiger partial charge in [0.1, 0.15) is 11.6 Å². The van der Waals surface area contributed by atoms with Crippen molar-refractivity contribution in [2.75, 3.05) is 38.2 Å². The lowest BCUT2D eigenvalue weighted by Crippen LogP contribution is -2.28. The van der Waals surface area contributed by atoms with Gasteiger partial charge >= 0.3 is 0 Å². The Balaban J connectivity index is 2.06. The minimum atomic E-state index is 0.812. The van der Waals surface area contributed by atoms with Gasteiger partial charge in [-0.15, -0.1) is 0 Å². The van der Waals surface area contributed by atoms with Crippen LogP contribution in [0.1, 0.15) is 6.42 Å². The molecule has 1 aliphatic heterocycles. The van der Waals surface area contributed by atoms with Gasteiger partial charge in [0.25, 0.3) is 0 Å². The van der Waals surface area contributed by atoms with Gasteiger partial charge in [-0.1, -0.05) is 0 Å². The minimum Gasteiger partial charge on any atom is -0.495 e. The normalized spacial score (nSPS) is 17.3. The third-order valence-electron chi connectivity index (χ3n) is 2.62. The molecule has 1 N–H and O–H groups in total. The van der Waals surface area contributed by atoms with Crippen LogP contribution in [0.5, 0.6) is 5.75 Å². The maximum atomic E-state index is 5.09. The number of nitrogens with zero attached hydrogens (tertiary/aromatic N) is 2. The zero-order valence-corrected chi connectivity index (χ0v) is 9.07. The van der Waals surface area contributed by atoms with Crippen LogP contribution in [0.2, 0.25) is 0 Å². The first-order valence-corrected chi connectivity index (χ1v) is 5.36. The molecule has 0 aromatic carbocycles. The van der Waals surface area contributed by atoms with Crippen LogP contribution in [0.25, 0.3) is 0 Å². The molecule has 2 heterocycles. The first-order chi connectivity index (χ1) is 7.40. The topological polar surface area (TPSA) is 37.4 Å². The molecular formula is C11H17N3O. The summed E-state index contributed by atoms with van der Waals surface area (Å²) < 4.78 is 5.09. The van der Waals surface area contributed by atoms with E-state index in [1.807, 2.05) is 12.1 Å². The Morgan fingerprint density at radius 1 is 1.33 bits per heavy atom. The van der Waals surface area contributed by atoms with E-state index < -0.39 is 0 Å². The lowest BCUT2D eigenvalue weighted by molar-refractivity contribution is 0.413. The van der Waals surface area contributed by atoms with Crippen molar-refractivity contribution >= 4 is 5.82 Å². The van der Waals surface area contributed by atoms with Gasteiger partial charge < -0.3 is 15.0 Å². The summed E-state index contributed by atoms with van der Waals surface area (Å²) in [6.45, 7) is 4.24. The Morgan fingerprint density at radius 2 is 2.27 bits per heavy atom. The summed E-state index contributed by atoms with van der Waals surface area (Å²) in [4.78, 5) is 6.69. The van der Waals surface area contributed by atoms with E-state index >= 15 is 0 Å². The Labute approximate surface area is 90.3 Å². The molecule has 4 nitrogen and oxygen atoms in total. The standard InChI is InChI=1S/C11H17N3O/c1-15-10-3-4-11(13-9-10)14-7-2-5-12-6-8-14/h3-4,9,12H,2,5-8H2,1H3. The highest BCUT2D eigenvalue weighted by Crippen LogP contribution is 2.15. The number of hydrogen-bond donors (Lipinski definition) is 1. The number of pyridine rings is 1. The molecule has 0 spiro atoms. The number of hydrogen-bond acceptors (Lipinski definition) is 4. The Kier molecular flexibility index (Phi) is 3.40. The summed E-state index contributed by atoms with van der Waals surface area (Å²) in [6, 6.07) is 3.98. The zero-order chi connectivity index (χ0) is 10.5. The molecule has 0 radical (unpaired) electrons. The first-order valence-electron chi connectivity index (χ1n) is 5.36. The van der Waals surface area contributed by atoms with Crippen LogP contribution in [-0.2, 0) is 0 Å². The van der Waals surface area contributed by atoms with Crippen LogP contribution in [0.3, 0.4) is 0 Å². The second-order valence-corrected chi connectivity index (χ2v) is 3.65. The number of aromatic nitrogens is 1. The smallest absolute Gasteiger partial charge is 0.137 e. The van der Waals surface area contributed by atoms with Gasteiger partial charge in [0.2, 0.25) is 0 Å². The molecule has 0 unspecified atom stereocenters. The molecule has 4 heteroatoms. The highest BCUT2D eigenvalue weighted by Gasteiger charge is 2.09. The monoisotopic (exact) mass is 207 g/mol. The van der Waals surface area contributed by atoms with E-state index in [0.29, 0.717) is 0 Å². The lowest BCUT2D eigenvalue weighted by atomic mass is 10.3. The van der Waals surface area contributed by atoms with Crippen LogP contribution in [0, 0.1) is 0 Å². The summed E-state index contributed by atoms with van der Waals surface area (Å²) >= 11 is 0. The Bertz CT molecular complexity index is 291. The van der Waals surface area contributed by atoms with Gasteiger partial charge in [-0.2, -0.15) is 0 Å². The van der Waals surface area contributed by atoms with Crippen molar-refractivity contribution in [3.63, 3.8) is 0 Å². The van der Waals surface area contributed by atoms with Crippen molar-refractivity contribution in [1.29, 1.82) is 0 Å². The molecule has 1 fully saturated rings. The van der Waals surface area contributed by atoms with Crippen LogP contribution in [-0.4, -0.2) is 38.3 Å². The second-order valence-electron chi connectivity index (χ2n) is 3.65. The predicted molar refractivity (Wildman–Crippen MR) is 60.5 cm³/mol. The molecule has 15 heavy (non-hydrogen) atoms. The van der Waals surface area contributed by atoms with Crippen LogP contribution in [0.4, 0.5) is 5.82 Å². The van der Waals surface area contributed by atoms with Crippen molar-refractivity contribution in [3.05, 3.63) is 18.3 Å². The maximum absolute atomic E-state index is 5.09. The average molecular weight is 207 g/mol. The summed E-state index contributed by atoms with van der Waals surface area (Å²) in [5.41, 5.74) is 0. The molecule has 1 saturated heterocycles. The SMILES string of the molecule is COc1ccc(N2CCCNCC2)nc1. The van der Waals surface area contributed by atoms with Gasteiger partial charge in [-0.3, -0.25) is 0 Å². The van der Waals surface area contributed by atoms with Crippen LogP contribution in [0.15, 0.2) is 18.3 Å². The number of nitrogens with one attached hydrogen (secondary N) is 1. The third-order valence-corrected chi connectivity index (χ3v) is 2.62. The molecule has 0 bridgehead atoms. The highest BCUT2D eigenvalue weighted by atomic mass is 16.5. The van der Waals surface area contributed by atoms with Gasteiger partial charge in [0.15, 0.2) is 0 Å². The number of anilines is 1. The van der Waals surface area contributed by atoms with Crippen molar-refractivity contribution in [2.24, 2.45) is 0 Å². The molecule has 0 aliphatic carbocycles. The van der Waals surface area contributed by atoms with Crippen LogP contribution < -0.4 is 15.0 Å².